The van der Waals surface area contributed by atoms with Crippen molar-refractivity contribution < 1.29 is 13.2 Å². The summed E-state index contributed by atoms with van der Waals surface area (Å²) in [4.78, 5) is 0. The van der Waals surface area contributed by atoms with Crippen LogP contribution in [0.5, 0.6) is 0 Å². The Morgan fingerprint density at radius 2 is 1.92 bits per heavy atom. The molecule has 0 bridgehead atoms. The van der Waals surface area contributed by atoms with E-state index in [2.05, 4.69) is 31.1 Å². The second-order valence-corrected chi connectivity index (χ2v) is 5.92. The molecular formula is C11H8ClF3N8S. The lowest BCUT2D eigenvalue weighted by Crippen LogP contribution is -2.13. The first-order chi connectivity index (χ1) is 11.4. The number of alkyl halides is 3. The molecule has 8 nitrogen and oxygen atoms in total. The summed E-state index contributed by atoms with van der Waals surface area (Å²) in [6.45, 7) is 0. The van der Waals surface area contributed by atoms with E-state index in [4.69, 9.17) is 11.6 Å². The van der Waals surface area contributed by atoms with Crippen molar-refractivity contribution >= 4 is 23.4 Å². The van der Waals surface area contributed by atoms with Gasteiger partial charge in [0.2, 0.25) is 5.16 Å². The normalized spacial score (nSPS) is 11.9. The number of hydrogen-bond acceptors (Lipinski definition) is 7. The van der Waals surface area contributed by atoms with Gasteiger partial charge in [-0.2, -0.15) is 17.9 Å². The fourth-order valence-electron chi connectivity index (χ4n) is 1.88. The van der Waals surface area contributed by atoms with Gasteiger partial charge in [0.1, 0.15) is 0 Å². The molecule has 0 aliphatic carbocycles. The van der Waals surface area contributed by atoms with Gasteiger partial charge in [0.25, 0.3) is 0 Å². The van der Waals surface area contributed by atoms with Gasteiger partial charge in [-0.3, -0.25) is 0 Å². The van der Waals surface area contributed by atoms with Crippen LogP contribution in [0, 0.1) is 0 Å². The Kier molecular flexibility index (Phi) is 4.41. The molecule has 0 aliphatic rings. The van der Waals surface area contributed by atoms with Crippen LogP contribution in [0.1, 0.15) is 11.4 Å². The van der Waals surface area contributed by atoms with Crippen LogP contribution in [-0.4, -0.2) is 40.4 Å². The Bertz CT molecular complexity index is 861. The Hall–Kier alpha value is -2.21. The van der Waals surface area contributed by atoms with E-state index in [0.29, 0.717) is 5.16 Å². The Morgan fingerprint density at radius 3 is 2.58 bits per heavy atom. The smallest absolute Gasteiger partial charge is 0.224 e. The zero-order chi connectivity index (χ0) is 17.3. The van der Waals surface area contributed by atoms with Gasteiger partial charge in [-0.15, -0.1) is 10.2 Å². The van der Waals surface area contributed by atoms with Gasteiger partial charge in [-0.25, -0.2) is 4.68 Å². The molecule has 0 fully saturated rings. The van der Waals surface area contributed by atoms with Crippen molar-refractivity contribution in [2.24, 2.45) is 7.05 Å². The van der Waals surface area contributed by atoms with E-state index in [1.54, 1.807) is 7.05 Å². The Balaban J connectivity index is 1.95. The summed E-state index contributed by atoms with van der Waals surface area (Å²) >= 11 is 6.87. The Labute approximate surface area is 142 Å². The molecule has 0 N–H and O–H groups in total. The lowest BCUT2D eigenvalue weighted by molar-refractivity contribution is -0.137. The molecule has 3 aromatic rings. The first-order valence-electron chi connectivity index (χ1n) is 6.36. The Morgan fingerprint density at radius 1 is 1.17 bits per heavy atom. The molecule has 13 heteroatoms. The van der Waals surface area contributed by atoms with Crippen LogP contribution >= 0.6 is 23.4 Å². The maximum Gasteiger partial charge on any atom is 0.418 e. The average Bonchev–Trinajstić information content (AvgIpc) is 3.13. The van der Waals surface area contributed by atoms with Crippen molar-refractivity contribution in [3.05, 3.63) is 34.6 Å². The molecule has 126 valence electrons. The molecule has 1 aromatic carbocycles. The number of aromatic nitrogens is 8. The average molecular weight is 377 g/mol. The van der Waals surface area contributed by atoms with Crippen molar-refractivity contribution in [3.63, 3.8) is 0 Å². The van der Waals surface area contributed by atoms with Crippen LogP contribution < -0.4 is 0 Å². The van der Waals surface area contributed by atoms with Gasteiger partial charge in [-0.05, 0) is 39.1 Å². The fraction of sp³-hybridized carbons (Fsp3) is 0.273. The third-order valence-electron chi connectivity index (χ3n) is 2.94. The third-order valence-corrected chi connectivity index (χ3v) is 4.18. The van der Waals surface area contributed by atoms with Crippen molar-refractivity contribution in [1.82, 2.24) is 40.4 Å². The van der Waals surface area contributed by atoms with Crippen LogP contribution in [0.3, 0.4) is 0 Å². The number of rotatable bonds is 4. The molecule has 0 amide bonds. The lowest BCUT2D eigenvalue weighted by Gasteiger charge is -2.13. The van der Waals surface area contributed by atoms with Crippen LogP contribution in [0.15, 0.2) is 23.4 Å². The first-order valence-corrected chi connectivity index (χ1v) is 7.72. The topological polar surface area (TPSA) is 87.2 Å². The first kappa shape index (κ1) is 16.6. The molecular weight excluding hydrogens is 369 g/mol. The summed E-state index contributed by atoms with van der Waals surface area (Å²) in [6.07, 6.45) is -4.59. The molecule has 0 atom stereocenters. The van der Waals surface area contributed by atoms with Gasteiger partial charge in [0, 0.05) is 12.1 Å². The molecule has 0 radical (unpaired) electrons. The van der Waals surface area contributed by atoms with Gasteiger partial charge in [0.15, 0.2) is 5.82 Å². The molecule has 0 spiro atoms. The summed E-state index contributed by atoms with van der Waals surface area (Å²) in [5, 5.41) is 22.3. The zero-order valence-corrected chi connectivity index (χ0v) is 13.5. The van der Waals surface area contributed by atoms with Gasteiger partial charge in [0.05, 0.1) is 17.0 Å². The van der Waals surface area contributed by atoms with Crippen LogP contribution in [0.25, 0.3) is 5.69 Å². The summed E-state index contributed by atoms with van der Waals surface area (Å²) in [5.74, 6) is 0.400. The maximum absolute atomic E-state index is 13.2. The van der Waals surface area contributed by atoms with Gasteiger partial charge in [-0.1, -0.05) is 23.4 Å². The molecule has 0 saturated heterocycles. The van der Waals surface area contributed by atoms with E-state index in [0.717, 1.165) is 10.7 Å². The molecule has 0 saturated carbocycles. The molecule has 0 unspecified atom stereocenters. The van der Waals surface area contributed by atoms with Crippen LogP contribution in [0.4, 0.5) is 13.2 Å². The van der Waals surface area contributed by atoms with E-state index in [1.165, 1.54) is 28.6 Å². The quantitative estimate of drug-likeness (QED) is 0.645. The predicted octanol–water partition coefficient (Wildman–Crippen LogP) is 2.15. The van der Waals surface area contributed by atoms with Crippen molar-refractivity contribution in [2.75, 3.05) is 0 Å². The number of hydrogen-bond donors (Lipinski definition) is 0. The van der Waals surface area contributed by atoms with Crippen molar-refractivity contribution in [1.29, 1.82) is 0 Å². The van der Waals surface area contributed by atoms with E-state index in [-0.39, 0.29) is 22.3 Å². The minimum Gasteiger partial charge on any atom is -0.224 e. The summed E-state index contributed by atoms with van der Waals surface area (Å²) < 4.78 is 42.2. The summed E-state index contributed by atoms with van der Waals surface area (Å²) in [7, 11) is 1.65. The van der Waals surface area contributed by atoms with E-state index in [9.17, 15) is 13.2 Å². The maximum atomic E-state index is 13.2. The highest BCUT2D eigenvalue weighted by Crippen LogP contribution is 2.35. The van der Waals surface area contributed by atoms with E-state index < -0.39 is 11.7 Å². The highest BCUT2D eigenvalue weighted by atomic mass is 35.5. The molecule has 2 heterocycles. The second kappa shape index (κ2) is 6.36. The number of aryl methyl sites for hydroxylation is 1. The molecule has 24 heavy (non-hydrogen) atoms. The fourth-order valence-corrected chi connectivity index (χ4v) is 2.80. The van der Waals surface area contributed by atoms with Crippen LogP contribution in [0.2, 0.25) is 5.02 Å². The molecule has 3 rings (SSSR count). The third kappa shape index (κ3) is 3.33. The minimum absolute atomic E-state index is 0.0276. The lowest BCUT2D eigenvalue weighted by atomic mass is 10.1. The molecule has 0 aliphatic heterocycles. The minimum atomic E-state index is -4.59. The monoisotopic (exact) mass is 376 g/mol. The highest BCUT2D eigenvalue weighted by Gasteiger charge is 2.35. The standard InChI is InChI=1S/C11H8ClF3N8S/c1-22-10(17-19-20-22)24-5-9-16-18-21-23(9)8-3-2-6(12)4-7(8)11(13,14)15/h2-4H,5H2,1H3. The largest absolute Gasteiger partial charge is 0.418 e. The predicted molar refractivity (Wildman–Crippen MR) is 77.5 cm³/mol. The highest BCUT2D eigenvalue weighted by molar-refractivity contribution is 7.98. The number of thioether (sulfide) groups is 1. The SMILES string of the molecule is Cn1nnnc1SCc1nnnn1-c1ccc(Cl)cc1C(F)(F)F. The van der Waals surface area contributed by atoms with Gasteiger partial charge < -0.3 is 0 Å². The number of halogens is 4. The van der Waals surface area contributed by atoms with Crippen LogP contribution in [-0.2, 0) is 19.0 Å². The van der Waals surface area contributed by atoms with Gasteiger partial charge >= 0.3 is 6.18 Å². The van der Waals surface area contributed by atoms with Crippen molar-refractivity contribution in [2.45, 2.75) is 17.1 Å². The molecule has 2 aromatic heterocycles. The number of benzene rings is 1. The van der Waals surface area contributed by atoms with E-state index in [1.807, 2.05) is 0 Å². The zero-order valence-electron chi connectivity index (χ0n) is 11.9. The number of tetrazole rings is 2. The van der Waals surface area contributed by atoms with E-state index >= 15 is 0 Å². The summed E-state index contributed by atoms with van der Waals surface area (Å²) in [6, 6.07) is 3.40. The van der Waals surface area contributed by atoms with Crippen molar-refractivity contribution in [3.8, 4) is 5.69 Å². The number of nitrogens with zero attached hydrogens (tertiary/aromatic N) is 8. The second-order valence-electron chi connectivity index (χ2n) is 4.54. The summed E-state index contributed by atoms with van der Waals surface area (Å²) in [5.41, 5.74) is -1.13.